The quantitative estimate of drug-likeness (QED) is 0.550. The van der Waals surface area contributed by atoms with Crippen molar-refractivity contribution in [3.8, 4) is 18.4 Å². The first-order valence-electron chi connectivity index (χ1n) is 6.08. The molecule has 0 amide bonds. The smallest absolute Gasteiger partial charge is 0.144 e. The number of hydrogen-bond acceptors (Lipinski definition) is 2. The van der Waals surface area contributed by atoms with Crippen LogP contribution in [0, 0.1) is 23.7 Å². The predicted octanol–water partition coefficient (Wildman–Crippen LogP) is 3.45. The average Bonchev–Trinajstić information content (AvgIpc) is 2.41. The first-order valence-corrected chi connectivity index (χ1v) is 6.08. The van der Waals surface area contributed by atoms with Crippen molar-refractivity contribution in [2.45, 2.75) is 44.4 Å². The van der Waals surface area contributed by atoms with Gasteiger partial charge in [0.25, 0.3) is 0 Å². The molecule has 2 heteroatoms. The van der Waals surface area contributed by atoms with E-state index in [9.17, 15) is 5.26 Å². The topological polar surface area (TPSA) is 36.7 Å². The molecule has 0 spiro atoms. The number of terminal acetylenes is 1. The number of unbranched alkanes of at least 4 members (excludes halogenated alkanes) is 3. The van der Waals surface area contributed by atoms with E-state index in [2.05, 4.69) is 23.9 Å². The zero-order valence-electron chi connectivity index (χ0n) is 10.3. The number of nitrogens with zero attached hydrogens (tertiary/aromatic N) is 2. The standard InChI is InChI=1S/C15H18N2/c1-3-5-6-7-10-15(4-2,13-16)14-9-8-11-17-12-14/h2,8-9,11-12H,3,5-7,10H2,1H3. The highest BCUT2D eigenvalue weighted by atomic mass is 14.6. The van der Waals surface area contributed by atoms with Crippen molar-refractivity contribution in [2.75, 3.05) is 0 Å². The lowest BCUT2D eigenvalue weighted by Gasteiger charge is -2.20. The fourth-order valence-corrected chi connectivity index (χ4v) is 1.88. The fourth-order valence-electron chi connectivity index (χ4n) is 1.88. The summed E-state index contributed by atoms with van der Waals surface area (Å²) < 4.78 is 0. The molecule has 0 saturated heterocycles. The molecule has 88 valence electrons. The minimum Gasteiger partial charge on any atom is -0.264 e. The normalized spacial score (nSPS) is 13.4. The van der Waals surface area contributed by atoms with E-state index in [1.54, 1.807) is 12.4 Å². The van der Waals surface area contributed by atoms with Gasteiger partial charge in [0.2, 0.25) is 0 Å². The van der Waals surface area contributed by atoms with Crippen LogP contribution in [0.5, 0.6) is 0 Å². The van der Waals surface area contributed by atoms with Gasteiger partial charge >= 0.3 is 0 Å². The molecule has 17 heavy (non-hydrogen) atoms. The van der Waals surface area contributed by atoms with Crippen LogP contribution in [0.1, 0.15) is 44.6 Å². The van der Waals surface area contributed by atoms with Crippen LogP contribution in [0.25, 0.3) is 0 Å². The third-order valence-electron chi connectivity index (χ3n) is 3.00. The lowest BCUT2D eigenvalue weighted by Crippen LogP contribution is -2.22. The van der Waals surface area contributed by atoms with E-state index in [-0.39, 0.29) is 0 Å². The molecule has 1 atom stereocenters. The molecule has 0 aromatic carbocycles. The summed E-state index contributed by atoms with van der Waals surface area (Å²) in [6, 6.07) is 5.99. The van der Waals surface area contributed by atoms with Crippen LogP contribution in [-0.2, 0) is 5.41 Å². The molecule has 1 aromatic heterocycles. The Kier molecular flexibility index (Phi) is 5.24. The lowest BCUT2D eigenvalue weighted by atomic mass is 9.79. The number of hydrogen-bond donors (Lipinski definition) is 0. The lowest BCUT2D eigenvalue weighted by molar-refractivity contribution is 0.553. The highest BCUT2D eigenvalue weighted by Crippen LogP contribution is 2.28. The zero-order valence-corrected chi connectivity index (χ0v) is 10.3. The van der Waals surface area contributed by atoms with Gasteiger partial charge < -0.3 is 0 Å². The minimum absolute atomic E-state index is 0.714. The molecular weight excluding hydrogens is 208 g/mol. The van der Waals surface area contributed by atoms with Crippen molar-refractivity contribution < 1.29 is 0 Å². The summed E-state index contributed by atoms with van der Waals surface area (Å²) in [6.07, 6.45) is 14.2. The Labute approximate surface area is 104 Å². The number of rotatable bonds is 6. The second-order valence-electron chi connectivity index (χ2n) is 4.21. The van der Waals surface area contributed by atoms with Crippen molar-refractivity contribution in [1.29, 1.82) is 5.26 Å². The van der Waals surface area contributed by atoms with Crippen molar-refractivity contribution in [1.82, 2.24) is 4.98 Å². The molecule has 1 aromatic rings. The van der Waals surface area contributed by atoms with Gasteiger partial charge in [-0.1, -0.05) is 44.6 Å². The second-order valence-corrected chi connectivity index (χ2v) is 4.21. The molecular formula is C15H18N2. The molecule has 1 rings (SSSR count). The molecule has 0 aliphatic carbocycles. The average molecular weight is 226 g/mol. The molecule has 2 nitrogen and oxygen atoms in total. The summed E-state index contributed by atoms with van der Waals surface area (Å²) in [6.45, 7) is 2.17. The summed E-state index contributed by atoms with van der Waals surface area (Å²) in [7, 11) is 0. The maximum atomic E-state index is 9.37. The van der Waals surface area contributed by atoms with Crippen LogP contribution in [0.3, 0.4) is 0 Å². The Balaban J connectivity index is 2.78. The Morgan fingerprint density at radius 2 is 2.24 bits per heavy atom. The third kappa shape index (κ3) is 3.33. The van der Waals surface area contributed by atoms with Crippen LogP contribution < -0.4 is 0 Å². The second kappa shape index (κ2) is 6.71. The highest BCUT2D eigenvalue weighted by Gasteiger charge is 2.29. The van der Waals surface area contributed by atoms with Crippen LogP contribution >= 0.6 is 0 Å². The molecule has 0 aliphatic heterocycles. The Morgan fingerprint density at radius 3 is 2.76 bits per heavy atom. The van der Waals surface area contributed by atoms with Crippen molar-refractivity contribution in [3.05, 3.63) is 30.1 Å². The van der Waals surface area contributed by atoms with Crippen LogP contribution in [0.2, 0.25) is 0 Å². The van der Waals surface area contributed by atoms with Gasteiger partial charge in [0, 0.05) is 18.0 Å². The summed E-state index contributed by atoms with van der Waals surface area (Å²) >= 11 is 0. The van der Waals surface area contributed by atoms with Gasteiger partial charge in [-0.2, -0.15) is 5.26 Å². The van der Waals surface area contributed by atoms with Gasteiger partial charge in [-0.15, -0.1) is 6.42 Å². The van der Waals surface area contributed by atoms with E-state index in [1.807, 2.05) is 12.1 Å². The molecule has 0 saturated carbocycles. The number of nitriles is 1. The van der Waals surface area contributed by atoms with E-state index < -0.39 is 5.41 Å². The van der Waals surface area contributed by atoms with Gasteiger partial charge in [-0.05, 0) is 12.5 Å². The maximum absolute atomic E-state index is 9.37. The number of pyridine rings is 1. The van der Waals surface area contributed by atoms with Gasteiger partial charge in [-0.3, -0.25) is 4.98 Å². The molecule has 0 fully saturated rings. The first kappa shape index (κ1) is 13.3. The van der Waals surface area contributed by atoms with Gasteiger partial charge in [-0.25, -0.2) is 0 Å². The molecule has 0 aliphatic rings. The first-order chi connectivity index (χ1) is 8.29. The van der Waals surface area contributed by atoms with Crippen LogP contribution in [-0.4, -0.2) is 4.98 Å². The molecule has 0 radical (unpaired) electrons. The Bertz CT molecular complexity index is 395. The van der Waals surface area contributed by atoms with Crippen molar-refractivity contribution in [3.63, 3.8) is 0 Å². The summed E-state index contributed by atoms with van der Waals surface area (Å²) in [4.78, 5) is 4.04. The molecule has 0 bridgehead atoms. The number of aromatic nitrogens is 1. The van der Waals surface area contributed by atoms with Gasteiger partial charge in [0.1, 0.15) is 5.41 Å². The monoisotopic (exact) mass is 226 g/mol. The maximum Gasteiger partial charge on any atom is 0.144 e. The summed E-state index contributed by atoms with van der Waals surface area (Å²) in [5.41, 5.74) is 0.0312. The molecule has 0 N–H and O–H groups in total. The van der Waals surface area contributed by atoms with E-state index in [0.29, 0.717) is 6.42 Å². The van der Waals surface area contributed by atoms with Crippen molar-refractivity contribution in [2.24, 2.45) is 0 Å². The summed E-state index contributed by atoms with van der Waals surface area (Å²) in [5.74, 6) is 2.66. The third-order valence-corrected chi connectivity index (χ3v) is 3.00. The SMILES string of the molecule is C#CC(C#N)(CCCCCC)c1cccnc1. The Hall–Kier alpha value is -1.80. The molecule has 1 unspecified atom stereocenters. The zero-order chi connectivity index (χ0) is 12.6. The van der Waals surface area contributed by atoms with Gasteiger partial charge in [0.05, 0.1) is 6.07 Å². The van der Waals surface area contributed by atoms with Crippen LogP contribution in [0.15, 0.2) is 24.5 Å². The predicted molar refractivity (Wildman–Crippen MR) is 69.1 cm³/mol. The van der Waals surface area contributed by atoms with E-state index in [0.717, 1.165) is 18.4 Å². The van der Waals surface area contributed by atoms with E-state index in [4.69, 9.17) is 6.42 Å². The highest BCUT2D eigenvalue weighted by molar-refractivity contribution is 5.40. The Morgan fingerprint density at radius 1 is 1.41 bits per heavy atom. The minimum atomic E-state index is -0.804. The molecule has 1 heterocycles. The largest absolute Gasteiger partial charge is 0.264 e. The summed E-state index contributed by atoms with van der Waals surface area (Å²) in [5, 5.41) is 9.37. The van der Waals surface area contributed by atoms with E-state index in [1.165, 1.54) is 12.8 Å². The van der Waals surface area contributed by atoms with E-state index >= 15 is 0 Å². The van der Waals surface area contributed by atoms with Crippen molar-refractivity contribution >= 4 is 0 Å². The van der Waals surface area contributed by atoms with Crippen LogP contribution in [0.4, 0.5) is 0 Å². The van der Waals surface area contributed by atoms with Gasteiger partial charge in [0.15, 0.2) is 0 Å². The fraction of sp³-hybridized carbons (Fsp3) is 0.467.